The number of allylic oxidation sites excluding steroid dienone is 1. The minimum Gasteiger partial charge on any atom is -0.253 e. The summed E-state index contributed by atoms with van der Waals surface area (Å²) in [6, 6.07) is 8.24. The smallest absolute Gasteiger partial charge is 0.114 e. The third-order valence-electron chi connectivity index (χ3n) is 2.35. The molecule has 0 N–H and O–H groups in total. The summed E-state index contributed by atoms with van der Waals surface area (Å²) in [6.45, 7) is 0. The zero-order valence-electron chi connectivity index (χ0n) is 7.34. The van der Waals surface area contributed by atoms with Gasteiger partial charge in [0, 0.05) is 10.3 Å². The first-order valence-corrected chi connectivity index (χ1v) is 6.55. The molecule has 2 unspecified atom stereocenters. The van der Waals surface area contributed by atoms with Gasteiger partial charge in [0.25, 0.3) is 0 Å². The van der Waals surface area contributed by atoms with Crippen LogP contribution in [0, 0.1) is 0 Å². The van der Waals surface area contributed by atoms with Crippen molar-refractivity contribution in [1.82, 2.24) is 0 Å². The molecule has 2 aliphatic heterocycles. The second-order valence-electron chi connectivity index (χ2n) is 3.26. The predicted octanol–water partition coefficient (Wildman–Crippen LogP) is 2.78. The van der Waals surface area contributed by atoms with Crippen molar-refractivity contribution in [3.63, 3.8) is 0 Å². The number of benzene rings is 1. The third-order valence-corrected chi connectivity index (χ3v) is 5.42. The second-order valence-corrected chi connectivity index (χ2v) is 6.11. The van der Waals surface area contributed by atoms with Gasteiger partial charge in [0.15, 0.2) is 0 Å². The van der Waals surface area contributed by atoms with Crippen LogP contribution in [0.2, 0.25) is 0 Å². The molecule has 0 saturated heterocycles. The van der Waals surface area contributed by atoms with E-state index in [-0.39, 0.29) is 4.58 Å². The first-order valence-electron chi connectivity index (χ1n) is 4.39. The molecule has 1 nitrogen and oxygen atoms in total. The van der Waals surface area contributed by atoms with E-state index in [4.69, 9.17) is 0 Å². The maximum absolute atomic E-state index is 11.6. The summed E-state index contributed by atoms with van der Waals surface area (Å²) in [6.07, 6.45) is 4.11. The highest BCUT2D eigenvalue weighted by atomic mass is 32.2. The van der Waals surface area contributed by atoms with Gasteiger partial charge in [0.05, 0.1) is 10.8 Å². The van der Waals surface area contributed by atoms with Crippen LogP contribution in [0.1, 0.15) is 5.56 Å². The lowest BCUT2D eigenvalue weighted by Crippen LogP contribution is -2.08. The van der Waals surface area contributed by atoms with Crippen molar-refractivity contribution in [1.29, 1.82) is 0 Å². The van der Waals surface area contributed by atoms with Crippen LogP contribution in [0.4, 0.5) is 0 Å². The molecule has 0 bridgehead atoms. The highest BCUT2D eigenvalue weighted by Crippen LogP contribution is 2.42. The Morgan fingerprint density at radius 2 is 2.14 bits per heavy atom. The Kier molecular flexibility index (Phi) is 1.89. The molecule has 2 aliphatic rings. The Morgan fingerprint density at radius 3 is 3.07 bits per heavy atom. The fourth-order valence-corrected chi connectivity index (χ4v) is 4.33. The molecular formula is C11H8OS2. The zero-order chi connectivity index (χ0) is 9.54. The van der Waals surface area contributed by atoms with Gasteiger partial charge < -0.3 is 0 Å². The summed E-state index contributed by atoms with van der Waals surface area (Å²) in [7, 11) is -0.833. The summed E-state index contributed by atoms with van der Waals surface area (Å²) in [5.74, 6) is 0. The lowest BCUT2D eigenvalue weighted by atomic mass is 10.1. The van der Waals surface area contributed by atoms with Gasteiger partial charge in [-0.15, -0.1) is 11.8 Å². The van der Waals surface area contributed by atoms with Crippen molar-refractivity contribution < 1.29 is 4.21 Å². The van der Waals surface area contributed by atoms with Crippen molar-refractivity contribution in [2.75, 3.05) is 0 Å². The van der Waals surface area contributed by atoms with Gasteiger partial charge in [-0.3, -0.25) is 4.21 Å². The van der Waals surface area contributed by atoms with Gasteiger partial charge >= 0.3 is 0 Å². The number of fused-ring (bicyclic) bond motifs is 2. The third kappa shape index (κ3) is 1.20. The molecule has 0 amide bonds. The number of thioether (sulfide) groups is 1. The quantitative estimate of drug-likeness (QED) is 0.668. The Labute approximate surface area is 89.4 Å². The molecule has 0 fully saturated rings. The second kappa shape index (κ2) is 3.11. The highest BCUT2D eigenvalue weighted by Gasteiger charge is 2.28. The molecule has 3 heteroatoms. The number of rotatable bonds is 0. The van der Waals surface area contributed by atoms with Gasteiger partial charge in [-0.1, -0.05) is 18.2 Å². The maximum atomic E-state index is 11.6. The molecule has 0 aliphatic carbocycles. The van der Waals surface area contributed by atoms with Gasteiger partial charge in [0.1, 0.15) is 4.58 Å². The van der Waals surface area contributed by atoms with E-state index in [9.17, 15) is 4.21 Å². The summed E-state index contributed by atoms with van der Waals surface area (Å²) < 4.78 is 11.7. The predicted molar refractivity (Wildman–Crippen MR) is 61.3 cm³/mol. The molecule has 70 valence electrons. The monoisotopic (exact) mass is 220 g/mol. The lowest BCUT2D eigenvalue weighted by Gasteiger charge is -2.18. The van der Waals surface area contributed by atoms with Gasteiger partial charge in [-0.2, -0.15) is 0 Å². The van der Waals surface area contributed by atoms with Crippen molar-refractivity contribution in [2.24, 2.45) is 0 Å². The van der Waals surface area contributed by atoms with Crippen molar-refractivity contribution in [3.8, 4) is 0 Å². The van der Waals surface area contributed by atoms with Crippen LogP contribution in [-0.4, -0.2) is 8.79 Å². The maximum Gasteiger partial charge on any atom is 0.114 e. The number of hydrogen-bond donors (Lipinski definition) is 0. The summed E-state index contributed by atoms with van der Waals surface area (Å²) in [5.41, 5.74) is 2.43. The zero-order valence-corrected chi connectivity index (χ0v) is 8.98. The first-order chi connectivity index (χ1) is 6.84. The fraction of sp³-hybridized carbons (Fsp3) is 0.0909. The Balaban J connectivity index is 2.15. The minimum atomic E-state index is -0.833. The van der Waals surface area contributed by atoms with Crippen LogP contribution in [0.25, 0.3) is 6.08 Å². The summed E-state index contributed by atoms with van der Waals surface area (Å²) in [5, 5.41) is 1.79. The van der Waals surface area contributed by atoms with Crippen molar-refractivity contribution in [2.45, 2.75) is 9.48 Å². The molecule has 0 aromatic heterocycles. The molecule has 1 aromatic rings. The molecular weight excluding hydrogens is 212 g/mol. The number of hydrogen-bond acceptors (Lipinski definition) is 2. The Hall–Kier alpha value is -0.800. The normalized spacial score (nSPS) is 28.1. The molecule has 0 radical (unpaired) electrons. The summed E-state index contributed by atoms with van der Waals surface area (Å²) >= 11 is 1.70. The van der Waals surface area contributed by atoms with E-state index >= 15 is 0 Å². The van der Waals surface area contributed by atoms with Crippen LogP contribution >= 0.6 is 11.8 Å². The van der Waals surface area contributed by atoms with Crippen LogP contribution in [0.5, 0.6) is 0 Å². The Morgan fingerprint density at radius 1 is 1.29 bits per heavy atom. The average molecular weight is 220 g/mol. The molecule has 0 saturated carbocycles. The standard InChI is InChI=1S/C11H8OS2/c12-14-6-5-9-7-8-3-1-2-4-10(8)13-11(9)14/h1-7,11H. The molecule has 2 atom stereocenters. The van der Waals surface area contributed by atoms with Crippen LogP contribution in [0.15, 0.2) is 46.2 Å². The van der Waals surface area contributed by atoms with E-state index < -0.39 is 10.8 Å². The van der Waals surface area contributed by atoms with Gasteiger partial charge in [0.2, 0.25) is 0 Å². The van der Waals surface area contributed by atoms with Crippen molar-refractivity contribution in [3.05, 3.63) is 46.9 Å². The SMILES string of the molecule is O=S1C=CC2=Cc3ccccc3SC21. The largest absolute Gasteiger partial charge is 0.253 e. The van der Waals surface area contributed by atoms with Crippen molar-refractivity contribution >= 4 is 28.6 Å². The van der Waals surface area contributed by atoms with E-state index in [1.807, 2.05) is 18.2 Å². The topological polar surface area (TPSA) is 17.1 Å². The highest BCUT2D eigenvalue weighted by molar-refractivity contribution is 8.12. The molecule has 3 rings (SSSR count). The average Bonchev–Trinajstić information content (AvgIpc) is 2.57. The van der Waals surface area contributed by atoms with Crippen LogP contribution in [-0.2, 0) is 10.8 Å². The van der Waals surface area contributed by atoms with E-state index in [2.05, 4.69) is 18.2 Å². The van der Waals surface area contributed by atoms with Crippen LogP contribution < -0.4 is 0 Å². The Bertz CT molecular complexity index is 474. The van der Waals surface area contributed by atoms with Gasteiger partial charge in [-0.25, -0.2) is 0 Å². The fourth-order valence-electron chi connectivity index (χ4n) is 1.66. The minimum absolute atomic E-state index is 0.130. The van der Waals surface area contributed by atoms with Crippen LogP contribution in [0.3, 0.4) is 0 Å². The van der Waals surface area contributed by atoms with Gasteiger partial charge in [-0.05, 0) is 29.4 Å². The van der Waals surface area contributed by atoms with E-state index in [1.165, 1.54) is 16.0 Å². The van der Waals surface area contributed by atoms with E-state index in [0.717, 1.165) is 0 Å². The van der Waals surface area contributed by atoms with E-state index in [1.54, 1.807) is 17.2 Å². The molecule has 2 heterocycles. The lowest BCUT2D eigenvalue weighted by molar-refractivity contribution is 0.689. The molecule has 14 heavy (non-hydrogen) atoms. The molecule has 1 aromatic carbocycles. The van der Waals surface area contributed by atoms with E-state index in [0.29, 0.717) is 0 Å². The molecule has 0 spiro atoms. The first kappa shape index (κ1) is 8.50. The summed E-state index contributed by atoms with van der Waals surface area (Å²) in [4.78, 5) is 1.23.